The molecule has 0 aromatic heterocycles. The highest BCUT2D eigenvalue weighted by atomic mass is 16.6. The number of rotatable bonds is 47. The minimum atomic E-state index is -0.762. The van der Waals surface area contributed by atoms with Crippen LogP contribution in [0.5, 0.6) is 0 Å². The first kappa shape index (κ1) is 57.4. The molecule has 0 aromatic rings. The molecule has 0 heterocycles. The van der Waals surface area contributed by atoms with Gasteiger partial charge in [-0.25, -0.2) is 0 Å². The summed E-state index contributed by atoms with van der Waals surface area (Å²) in [5.41, 5.74) is 0. The molecular weight excluding hydrogens is 733 g/mol. The maximum Gasteiger partial charge on any atom is 0.306 e. The molecule has 0 radical (unpaired) electrons. The first-order valence-corrected chi connectivity index (χ1v) is 26.3. The average Bonchev–Trinajstić information content (AvgIpc) is 3.22. The molecule has 0 N–H and O–H groups in total. The Hall–Kier alpha value is -1.59. The minimum absolute atomic E-state index is 0.0650. The van der Waals surface area contributed by atoms with Crippen LogP contribution in [0, 0.1) is 11.8 Å². The van der Waals surface area contributed by atoms with E-state index in [0.717, 1.165) is 69.6 Å². The lowest BCUT2D eigenvalue weighted by Gasteiger charge is -2.18. The Morgan fingerprint density at radius 2 is 0.644 bits per heavy atom. The third-order valence-corrected chi connectivity index (χ3v) is 12.3. The first-order valence-electron chi connectivity index (χ1n) is 26.3. The number of esters is 3. The molecule has 0 bridgehead atoms. The van der Waals surface area contributed by atoms with Gasteiger partial charge in [0.15, 0.2) is 6.10 Å². The monoisotopic (exact) mass is 835 g/mol. The molecule has 0 amide bonds. The van der Waals surface area contributed by atoms with Crippen molar-refractivity contribution in [1.82, 2.24) is 0 Å². The van der Waals surface area contributed by atoms with Gasteiger partial charge in [-0.15, -0.1) is 0 Å². The molecule has 0 fully saturated rings. The summed E-state index contributed by atoms with van der Waals surface area (Å²) in [6, 6.07) is 0. The van der Waals surface area contributed by atoms with E-state index in [1.54, 1.807) is 0 Å². The second-order valence-electron chi connectivity index (χ2n) is 18.9. The number of carbonyl (C=O) groups excluding carboxylic acids is 3. The van der Waals surface area contributed by atoms with Gasteiger partial charge < -0.3 is 14.2 Å². The van der Waals surface area contributed by atoms with Crippen molar-refractivity contribution >= 4 is 17.9 Å². The molecule has 0 rings (SSSR count). The zero-order valence-corrected chi connectivity index (χ0v) is 40.4. The Morgan fingerprint density at radius 3 is 0.966 bits per heavy atom. The quantitative estimate of drug-likeness (QED) is 0.0345. The normalized spacial score (nSPS) is 12.5. The van der Waals surface area contributed by atoms with Crippen LogP contribution in [0.3, 0.4) is 0 Å². The van der Waals surface area contributed by atoms with Gasteiger partial charge in [-0.1, -0.05) is 253 Å². The molecule has 0 aliphatic rings. The lowest BCUT2D eigenvalue weighted by atomic mass is 10.00. The third kappa shape index (κ3) is 45.8. The Labute approximate surface area is 368 Å². The van der Waals surface area contributed by atoms with E-state index in [1.165, 1.54) is 180 Å². The molecule has 0 aliphatic heterocycles. The fraction of sp³-hybridized carbons (Fsp3) is 0.943. The van der Waals surface area contributed by atoms with E-state index in [2.05, 4.69) is 34.6 Å². The van der Waals surface area contributed by atoms with Crippen LogP contribution in [0.2, 0.25) is 0 Å². The predicted octanol–water partition coefficient (Wildman–Crippen LogP) is 16.9. The van der Waals surface area contributed by atoms with Crippen LogP contribution >= 0.6 is 0 Å². The molecule has 0 saturated heterocycles. The second kappa shape index (κ2) is 45.9. The van der Waals surface area contributed by atoms with Crippen molar-refractivity contribution in [3.63, 3.8) is 0 Å². The standard InChI is InChI=1S/C53H102O6/c1-6-8-9-10-11-12-13-14-15-16-17-18-19-20-21-24-28-35-40-45-53(56)59-50(47-58-52(55)44-39-34-30-29-32-37-42-49(5)7-2)46-57-51(54)43-38-33-27-25-22-23-26-31-36-41-48(3)4/h48-50H,6-47H2,1-5H3/t49?,50-/m0/s1. The summed E-state index contributed by atoms with van der Waals surface area (Å²) in [7, 11) is 0. The topological polar surface area (TPSA) is 78.9 Å². The highest BCUT2D eigenvalue weighted by Crippen LogP contribution is 2.18. The van der Waals surface area contributed by atoms with E-state index in [-0.39, 0.29) is 31.1 Å². The van der Waals surface area contributed by atoms with Crippen molar-refractivity contribution in [3.8, 4) is 0 Å². The SMILES string of the molecule is CCCCCCCCCCCCCCCCCCCCCC(=O)O[C@@H](COC(=O)CCCCCCCCCCCC(C)C)COC(=O)CCCCCCCCC(C)CC. The van der Waals surface area contributed by atoms with Gasteiger partial charge in [-0.05, 0) is 31.1 Å². The fourth-order valence-corrected chi connectivity index (χ4v) is 7.96. The van der Waals surface area contributed by atoms with Crippen LogP contribution < -0.4 is 0 Å². The van der Waals surface area contributed by atoms with Crippen molar-refractivity contribution in [1.29, 1.82) is 0 Å². The zero-order valence-electron chi connectivity index (χ0n) is 40.4. The van der Waals surface area contributed by atoms with Crippen LogP contribution in [0.4, 0.5) is 0 Å². The summed E-state index contributed by atoms with van der Waals surface area (Å²) in [5.74, 6) is 0.770. The summed E-state index contributed by atoms with van der Waals surface area (Å²) in [4.78, 5) is 37.9. The summed E-state index contributed by atoms with van der Waals surface area (Å²) in [6.07, 6.45) is 46.7. The highest BCUT2D eigenvalue weighted by Gasteiger charge is 2.19. The molecule has 0 aromatic carbocycles. The fourth-order valence-electron chi connectivity index (χ4n) is 7.96. The van der Waals surface area contributed by atoms with Gasteiger partial charge in [0.25, 0.3) is 0 Å². The molecule has 350 valence electrons. The summed E-state index contributed by atoms with van der Waals surface area (Å²) in [6.45, 7) is 11.3. The average molecular weight is 835 g/mol. The number of hydrogen-bond acceptors (Lipinski definition) is 6. The Morgan fingerprint density at radius 1 is 0.356 bits per heavy atom. The van der Waals surface area contributed by atoms with E-state index in [9.17, 15) is 14.4 Å². The first-order chi connectivity index (χ1) is 28.8. The predicted molar refractivity (Wildman–Crippen MR) is 252 cm³/mol. The van der Waals surface area contributed by atoms with E-state index in [0.29, 0.717) is 19.3 Å². The van der Waals surface area contributed by atoms with Gasteiger partial charge in [0.1, 0.15) is 13.2 Å². The summed E-state index contributed by atoms with van der Waals surface area (Å²) >= 11 is 0. The molecular formula is C53H102O6. The Balaban J connectivity index is 4.26. The molecule has 0 spiro atoms. The largest absolute Gasteiger partial charge is 0.462 e. The lowest BCUT2D eigenvalue weighted by Crippen LogP contribution is -2.30. The number of hydrogen-bond donors (Lipinski definition) is 0. The number of unbranched alkanes of at least 4 members (excludes halogenated alkanes) is 31. The van der Waals surface area contributed by atoms with Crippen LogP contribution in [-0.2, 0) is 28.6 Å². The van der Waals surface area contributed by atoms with Crippen molar-refractivity contribution in [2.24, 2.45) is 11.8 Å². The van der Waals surface area contributed by atoms with Gasteiger partial charge in [0.05, 0.1) is 0 Å². The number of ether oxygens (including phenoxy) is 3. The molecule has 2 atom stereocenters. The number of carbonyl (C=O) groups is 3. The molecule has 1 unspecified atom stereocenters. The molecule has 6 heteroatoms. The van der Waals surface area contributed by atoms with Crippen molar-refractivity contribution in [2.75, 3.05) is 13.2 Å². The smallest absolute Gasteiger partial charge is 0.306 e. The van der Waals surface area contributed by atoms with E-state index in [1.807, 2.05) is 0 Å². The van der Waals surface area contributed by atoms with Gasteiger partial charge in [0, 0.05) is 19.3 Å². The summed E-state index contributed by atoms with van der Waals surface area (Å²) < 4.78 is 16.8. The van der Waals surface area contributed by atoms with Gasteiger partial charge in [-0.3, -0.25) is 14.4 Å². The van der Waals surface area contributed by atoms with E-state index >= 15 is 0 Å². The van der Waals surface area contributed by atoms with E-state index in [4.69, 9.17) is 14.2 Å². The third-order valence-electron chi connectivity index (χ3n) is 12.3. The minimum Gasteiger partial charge on any atom is -0.462 e. The van der Waals surface area contributed by atoms with Gasteiger partial charge >= 0.3 is 17.9 Å². The van der Waals surface area contributed by atoms with Crippen molar-refractivity contribution in [3.05, 3.63) is 0 Å². The van der Waals surface area contributed by atoms with Crippen LogP contribution in [0.15, 0.2) is 0 Å². The lowest BCUT2D eigenvalue weighted by molar-refractivity contribution is -0.167. The van der Waals surface area contributed by atoms with Gasteiger partial charge in [0.2, 0.25) is 0 Å². The molecule has 59 heavy (non-hydrogen) atoms. The maximum absolute atomic E-state index is 12.8. The van der Waals surface area contributed by atoms with Crippen molar-refractivity contribution < 1.29 is 28.6 Å². The second-order valence-corrected chi connectivity index (χ2v) is 18.9. The molecule has 0 saturated carbocycles. The van der Waals surface area contributed by atoms with Crippen molar-refractivity contribution in [2.45, 2.75) is 298 Å². The zero-order chi connectivity index (χ0) is 43.3. The molecule has 0 aliphatic carbocycles. The summed E-state index contributed by atoms with van der Waals surface area (Å²) in [5, 5.41) is 0. The van der Waals surface area contributed by atoms with Gasteiger partial charge in [-0.2, -0.15) is 0 Å². The maximum atomic E-state index is 12.8. The molecule has 6 nitrogen and oxygen atoms in total. The Bertz CT molecular complexity index is 902. The Kier molecular flexibility index (Phi) is 44.7. The van der Waals surface area contributed by atoms with Crippen LogP contribution in [0.1, 0.15) is 291 Å². The van der Waals surface area contributed by atoms with Crippen LogP contribution in [-0.4, -0.2) is 37.2 Å². The van der Waals surface area contributed by atoms with E-state index < -0.39 is 6.10 Å². The highest BCUT2D eigenvalue weighted by molar-refractivity contribution is 5.71. The van der Waals surface area contributed by atoms with Crippen LogP contribution in [0.25, 0.3) is 0 Å².